The molecule has 0 bridgehead atoms. The Hall–Kier alpha value is -2.65. The predicted molar refractivity (Wildman–Crippen MR) is 88.5 cm³/mol. The number of hydroxylamine groups is 2. The van der Waals surface area contributed by atoms with Crippen LogP contribution >= 0.6 is 0 Å². The quantitative estimate of drug-likeness (QED) is 0.679. The molecule has 0 N–H and O–H groups in total. The van der Waals surface area contributed by atoms with Gasteiger partial charge in [-0.1, -0.05) is 60.7 Å². The lowest BCUT2D eigenvalue weighted by Crippen LogP contribution is -2.25. The van der Waals surface area contributed by atoms with Gasteiger partial charge in [-0.2, -0.15) is 0 Å². The van der Waals surface area contributed by atoms with Gasteiger partial charge in [-0.05, 0) is 22.6 Å². The summed E-state index contributed by atoms with van der Waals surface area (Å²) in [6, 6.07) is 21.9. The van der Waals surface area contributed by atoms with Gasteiger partial charge in [0.2, 0.25) is 0 Å². The molecule has 0 atom stereocenters. The molecule has 3 heteroatoms. The van der Waals surface area contributed by atoms with E-state index >= 15 is 0 Å². The fourth-order valence-corrected chi connectivity index (χ4v) is 2.63. The lowest BCUT2D eigenvalue weighted by atomic mass is 9.94. The summed E-state index contributed by atoms with van der Waals surface area (Å²) in [6.07, 6.45) is 0. The lowest BCUT2D eigenvalue weighted by molar-refractivity contribution is -0.0755. The summed E-state index contributed by atoms with van der Waals surface area (Å²) < 4.78 is 0. The highest BCUT2D eigenvalue weighted by Crippen LogP contribution is 2.31. The molecule has 0 fully saturated rings. The van der Waals surface area contributed by atoms with Crippen LogP contribution in [0.5, 0.6) is 0 Å². The number of rotatable bonds is 3. The van der Waals surface area contributed by atoms with Crippen LogP contribution in [0.3, 0.4) is 0 Å². The van der Waals surface area contributed by atoms with Crippen LogP contribution in [0.15, 0.2) is 66.7 Å². The van der Waals surface area contributed by atoms with Crippen LogP contribution in [-0.4, -0.2) is 25.1 Å². The zero-order valence-corrected chi connectivity index (χ0v) is 12.6. The monoisotopic (exact) mass is 291 g/mol. The Morgan fingerprint density at radius 3 is 2.27 bits per heavy atom. The van der Waals surface area contributed by atoms with Crippen LogP contribution < -0.4 is 0 Å². The molecule has 0 saturated carbocycles. The Balaban J connectivity index is 2.29. The van der Waals surface area contributed by atoms with E-state index in [4.69, 9.17) is 4.84 Å². The maximum absolute atomic E-state index is 12.6. The van der Waals surface area contributed by atoms with Crippen molar-refractivity contribution in [3.05, 3.63) is 72.3 Å². The minimum Gasteiger partial charge on any atom is -0.274 e. The average Bonchev–Trinajstić information content (AvgIpc) is 2.60. The second kappa shape index (κ2) is 6.00. The van der Waals surface area contributed by atoms with Gasteiger partial charge in [0.15, 0.2) is 0 Å². The molecule has 3 nitrogen and oxygen atoms in total. The molecule has 0 radical (unpaired) electrons. The summed E-state index contributed by atoms with van der Waals surface area (Å²) in [5, 5.41) is 3.23. The Morgan fingerprint density at radius 2 is 1.59 bits per heavy atom. The molecule has 110 valence electrons. The van der Waals surface area contributed by atoms with E-state index in [2.05, 4.69) is 12.1 Å². The Bertz CT molecular complexity index is 807. The summed E-state index contributed by atoms with van der Waals surface area (Å²) in [5.41, 5.74) is 2.78. The van der Waals surface area contributed by atoms with Crippen molar-refractivity contribution in [2.45, 2.75) is 0 Å². The normalized spacial score (nSPS) is 10.6. The number of benzene rings is 3. The standard InChI is InChI=1S/C19H17NO2/c1-20(22-2)19(21)17-13-7-11-15-10-6-12-16(18(15)17)14-8-4-3-5-9-14/h3-13H,1-2H3. The van der Waals surface area contributed by atoms with Gasteiger partial charge in [-0.3, -0.25) is 9.63 Å². The Morgan fingerprint density at radius 1 is 0.909 bits per heavy atom. The van der Waals surface area contributed by atoms with Crippen molar-refractivity contribution in [2.24, 2.45) is 0 Å². The van der Waals surface area contributed by atoms with Gasteiger partial charge in [0, 0.05) is 12.4 Å². The lowest BCUT2D eigenvalue weighted by Gasteiger charge is -2.17. The average molecular weight is 291 g/mol. The van der Waals surface area contributed by atoms with Crippen LogP contribution in [0.25, 0.3) is 21.9 Å². The number of carbonyl (C=O) groups excluding carboxylic acids is 1. The summed E-state index contributed by atoms with van der Waals surface area (Å²) in [5.74, 6) is -0.156. The first-order valence-electron chi connectivity index (χ1n) is 7.11. The fraction of sp³-hybridized carbons (Fsp3) is 0.105. The second-order valence-corrected chi connectivity index (χ2v) is 5.06. The van der Waals surface area contributed by atoms with Crippen LogP contribution in [0.1, 0.15) is 10.4 Å². The molecule has 22 heavy (non-hydrogen) atoms. The van der Waals surface area contributed by atoms with Crippen molar-refractivity contribution in [1.82, 2.24) is 5.06 Å². The zero-order valence-electron chi connectivity index (χ0n) is 12.6. The maximum Gasteiger partial charge on any atom is 0.277 e. The molecular formula is C19H17NO2. The minimum absolute atomic E-state index is 0.156. The van der Waals surface area contributed by atoms with Crippen LogP contribution in [-0.2, 0) is 4.84 Å². The van der Waals surface area contributed by atoms with Crippen LogP contribution in [0.4, 0.5) is 0 Å². The van der Waals surface area contributed by atoms with Crippen molar-refractivity contribution in [3.8, 4) is 11.1 Å². The molecule has 0 aliphatic rings. The van der Waals surface area contributed by atoms with Crippen LogP contribution in [0, 0.1) is 0 Å². The Labute approximate surface area is 129 Å². The molecule has 0 aliphatic carbocycles. The molecule has 1 amide bonds. The fourth-order valence-electron chi connectivity index (χ4n) is 2.63. The molecule has 0 spiro atoms. The van der Waals surface area contributed by atoms with Crippen molar-refractivity contribution in [1.29, 1.82) is 0 Å². The van der Waals surface area contributed by atoms with E-state index in [0.29, 0.717) is 5.56 Å². The van der Waals surface area contributed by atoms with E-state index in [1.165, 1.54) is 12.2 Å². The molecule has 3 aromatic carbocycles. The van der Waals surface area contributed by atoms with Gasteiger partial charge in [-0.15, -0.1) is 0 Å². The van der Waals surface area contributed by atoms with E-state index in [1.54, 1.807) is 7.05 Å². The molecule has 0 saturated heterocycles. The molecule has 0 aromatic heterocycles. The molecule has 0 heterocycles. The second-order valence-electron chi connectivity index (χ2n) is 5.06. The largest absolute Gasteiger partial charge is 0.277 e. The smallest absolute Gasteiger partial charge is 0.274 e. The van der Waals surface area contributed by atoms with Gasteiger partial charge >= 0.3 is 0 Å². The van der Waals surface area contributed by atoms with E-state index in [9.17, 15) is 4.79 Å². The molecule has 3 rings (SSSR count). The van der Waals surface area contributed by atoms with Crippen molar-refractivity contribution in [3.63, 3.8) is 0 Å². The summed E-state index contributed by atoms with van der Waals surface area (Å²) in [4.78, 5) is 17.6. The SMILES string of the molecule is CON(C)C(=O)c1cccc2cccc(-c3ccccc3)c12. The van der Waals surface area contributed by atoms with Crippen molar-refractivity contribution >= 4 is 16.7 Å². The highest BCUT2D eigenvalue weighted by molar-refractivity contribution is 6.12. The Kier molecular flexibility index (Phi) is 3.90. The number of hydrogen-bond acceptors (Lipinski definition) is 2. The number of nitrogens with zero attached hydrogens (tertiary/aromatic N) is 1. The third-order valence-corrected chi connectivity index (χ3v) is 3.78. The van der Waals surface area contributed by atoms with E-state index in [-0.39, 0.29) is 5.91 Å². The summed E-state index contributed by atoms with van der Waals surface area (Å²) in [6.45, 7) is 0. The third kappa shape index (κ3) is 2.47. The van der Waals surface area contributed by atoms with Gasteiger partial charge in [-0.25, -0.2) is 5.06 Å². The van der Waals surface area contributed by atoms with Crippen molar-refractivity contribution in [2.75, 3.05) is 14.2 Å². The topological polar surface area (TPSA) is 29.5 Å². The van der Waals surface area contributed by atoms with Gasteiger partial charge in [0.1, 0.15) is 0 Å². The van der Waals surface area contributed by atoms with Gasteiger partial charge in [0.05, 0.1) is 12.7 Å². The van der Waals surface area contributed by atoms with Gasteiger partial charge < -0.3 is 0 Å². The van der Waals surface area contributed by atoms with E-state index in [1.807, 2.05) is 54.6 Å². The summed E-state index contributed by atoms with van der Waals surface area (Å²) >= 11 is 0. The van der Waals surface area contributed by atoms with Crippen molar-refractivity contribution < 1.29 is 9.63 Å². The molecule has 0 aliphatic heterocycles. The number of carbonyl (C=O) groups is 1. The third-order valence-electron chi connectivity index (χ3n) is 3.78. The first kappa shape index (κ1) is 14.3. The highest BCUT2D eigenvalue weighted by atomic mass is 16.7. The van der Waals surface area contributed by atoms with Gasteiger partial charge in [0.25, 0.3) is 5.91 Å². The van der Waals surface area contributed by atoms with E-state index in [0.717, 1.165) is 21.9 Å². The number of fused-ring (bicyclic) bond motifs is 1. The maximum atomic E-state index is 12.6. The van der Waals surface area contributed by atoms with E-state index < -0.39 is 0 Å². The summed E-state index contributed by atoms with van der Waals surface area (Å²) in [7, 11) is 3.10. The molecule has 0 unspecified atom stereocenters. The first-order valence-corrected chi connectivity index (χ1v) is 7.11. The minimum atomic E-state index is -0.156. The number of hydrogen-bond donors (Lipinski definition) is 0. The molecule has 3 aromatic rings. The predicted octanol–water partition coefficient (Wildman–Crippen LogP) is 4.14. The number of amides is 1. The highest BCUT2D eigenvalue weighted by Gasteiger charge is 2.17. The molecular weight excluding hydrogens is 274 g/mol. The first-order chi connectivity index (χ1) is 10.7. The van der Waals surface area contributed by atoms with Crippen LogP contribution in [0.2, 0.25) is 0 Å². The zero-order chi connectivity index (χ0) is 15.5.